The van der Waals surface area contributed by atoms with Crippen LogP contribution < -0.4 is 5.32 Å². The lowest BCUT2D eigenvalue weighted by Gasteiger charge is -2.26. The van der Waals surface area contributed by atoms with Crippen LogP contribution in [0, 0.1) is 12.3 Å². The largest absolute Gasteiger partial charge is 0.476 e. The van der Waals surface area contributed by atoms with Gasteiger partial charge in [-0.3, -0.25) is 14.5 Å². The smallest absolute Gasteiger partial charge is 0.308 e. The first-order valence-electron chi connectivity index (χ1n) is 13.3. The predicted octanol–water partition coefficient (Wildman–Crippen LogP) is 4.15. The van der Waals surface area contributed by atoms with Gasteiger partial charge in [-0.05, 0) is 63.4 Å². The minimum Gasteiger partial charge on any atom is -0.476 e. The Morgan fingerprint density at radius 1 is 1.24 bits per heavy atom. The molecule has 2 amide bonds. The summed E-state index contributed by atoms with van der Waals surface area (Å²) in [6.07, 6.45) is 28.3. The van der Waals surface area contributed by atoms with E-state index in [4.69, 9.17) is 11.2 Å². The molecule has 0 spiro atoms. The highest BCUT2D eigenvalue weighted by Gasteiger charge is 2.33. The Kier molecular flexibility index (Phi) is 14.2. The molecule has 1 N–H and O–H groups in total. The number of hydrogen-bond acceptors (Lipinski definition) is 6. The van der Waals surface area contributed by atoms with E-state index in [1.54, 1.807) is 17.9 Å². The molecule has 0 saturated carbocycles. The highest BCUT2D eigenvalue weighted by atomic mass is 16.5. The van der Waals surface area contributed by atoms with E-state index < -0.39 is 5.91 Å². The number of nitrogens with one attached hydrogen (secondary N) is 1. The van der Waals surface area contributed by atoms with Crippen LogP contribution >= 0.6 is 0 Å². The second-order valence-corrected chi connectivity index (χ2v) is 9.04. The summed E-state index contributed by atoms with van der Waals surface area (Å²) < 4.78 is 4.98. The van der Waals surface area contributed by atoms with Gasteiger partial charge in [-0.1, -0.05) is 55.7 Å². The van der Waals surface area contributed by atoms with E-state index in [0.29, 0.717) is 6.54 Å². The lowest BCUT2D eigenvalue weighted by molar-refractivity contribution is -0.125. The molecule has 38 heavy (non-hydrogen) atoms. The van der Waals surface area contributed by atoms with Gasteiger partial charge in [-0.2, -0.15) is 5.10 Å². The van der Waals surface area contributed by atoms with Crippen molar-refractivity contribution in [2.75, 3.05) is 33.3 Å². The van der Waals surface area contributed by atoms with E-state index >= 15 is 0 Å². The van der Waals surface area contributed by atoms with Gasteiger partial charge in [-0.25, -0.2) is 0 Å². The average molecular weight is 520 g/mol. The van der Waals surface area contributed by atoms with E-state index in [-0.39, 0.29) is 24.3 Å². The SMILES string of the molecule is C#C/C=C\C=C/CC.C/C=N/N=C(\OC)C(=O)NC1CC(=O)N(C2=CCC=C(CN3CCCCC3)C=C2)C1. The van der Waals surface area contributed by atoms with Gasteiger partial charge >= 0.3 is 5.91 Å². The summed E-state index contributed by atoms with van der Waals surface area (Å²) in [5.41, 5.74) is 2.18. The molecule has 1 atom stereocenters. The van der Waals surface area contributed by atoms with E-state index in [1.807, 2.05) is 24.3 Å². The van der Waals surface area contributed by atoms with Crippen LogP contribution in [0.5, 0.6) is 0 Å². The summed E-state index contributed by atoms with van der Waals surface area (Å²) in [5, 5.41) is 10.2. The summed E-state index contributed by atoms with van der Waals surface area (Å²) in [4.78, 5) is 29.1. The first-order valence-corrected chi connectivity index (χ1v) is 13.3. The van der Waals surface area contributed by atoms with Crippen molar-refractivity contribution in [2.45, 2.75) is 58.4 Å². The van der Waals surface area contributed by atoms with E-state index in [0.717, 1.165) is 38.2 Å². The molecule has 3 rings (SSSR count). The van der Waals surface area contributed by atoms with E-state index in [9.17, 15) is 9.59 Å². The Labute approximate surface area is 227 Å². The lowest BCUT2D eigenvalue weighted by Crippen LogP contribution is -2.41. The van der Waals surface area contributed by atoms with Crippen molar-refractivity contribution in [1.82, 2.24) is 15.1 Å². The Bertz CT molecular complexity index is 1040. The fraction of sp³-hybridized carbons (Fsp3) is 0.467. The number of hydrogen-bond donors (Lipinski definition) is 1. The molecule has 8 heteroatoms. The van der Waals surface area contributed by atoms with Gasteiger partial charge in [0, 0.05) is 31.4 Å². The van der Waals surface area contributed by atoms with Crippen molar-refractivity contribution in [3.8, 4) is 12.3 Å². The molecule has 8 nitrogen and oxygen atoms in total. The molecule has 204 valence electrons. The molecule has 0 aromatic heterocycles. The first kappa shape index (κ1) is 30.5. The van der Waals surface area contributed by atoms with Crippen LogP contribution in [0.4, 0.5) is 0 Å². The summed E-state index contributed by atoms with van der Waals surface area (Å²) in [7, 11) is 1.37. The third-order valence-electron chi connectivity index (χ3n) is 6.13. The highest BCUT2D eigenvalue weighted by Crippen LogP contribution is 2.22. The van der Waals surface area contributed by atoms with Crippen LogP contribution in [0.15, 0.2) is 70.1 Å². The average Bonchev–Trinajstić information content (AvgIpc) is 3.13. The van der Waals surface area contributed by atoms with Crippen LogP contribution in [0.1, 0.15) is 52.4 Å². The summed E-state index contributed by atoms with van der Waals surface area (Å²) in [6.45, 7) is 7.49. The van der Waals surface area contributed by atoms with Gasteiger partial charge in [0.25, 0.3) is 5.90 Å². The molecule has 1 unspecified atom stereocenters. The molecule has 2 aliphatic heterocycles. The Morgan fingerprint density at radius 2 is 2.03 bits per heavy atom. The van der Waals surface area contributed by atoms with Crippen LogP contribution in [-0.2, 0) is 14.3 Å². The van der Waals surface area contributed by atoms with Crippen molar-refractivity contribution < 1.29 is 14.3 Å². The van der Waals surface area contributed by atoms with Crippen LogP contribution in [0.2, 0.25) is 0 Å². The number of rotatable bonds is 7. The number of likely N-dealkylation sites (tertiary alicyclic amines) is 2. The number of allylic oxidation sites excluding steroid dienone is 7. The van der Waals surface area contributed by atoms with Gasteiger partial charge < -0.3 is 15.0 Å². The summed E-state index contributed by atoms with van der Waals surface area (Å²) in [5.74, 6) is 1.79. The number of amides is 2. The van der Waals surface area contributed by atoms with Crippen molar-refractivity contribution in [1.29, 1.82) is 0 Å². The quantitative estimate of drug-likeness (QED) is 0.180. The maximum Gasteiger partial charge on any atom is 0.308 e. The standard InChI is InChI=1S/C22H31N5O3.C8H10/c1-3-23-25-22(30-2)21(29)24-18-14-20(28)27(16-18)19-9-7-8-17(10-11-19)15-26-12-5-4-6-13-26;1-3-5-7-8-6-4-2/h3,8-11,18H,4-7,12-16H2,1-2H3,(H,24,29);1,5-8H,4H2,2H3/b23-3+,25-22-;7-5-,8-6-. The normalized spacial score (nSPS) is 20.7. The van der Waals surface area contributed by atoms with Crippen LogP contribution in [-0.4, -0.2) is 73.1 Å². The van der Waals surface area contributed by atoms with Gasteiger partial charge in [0.1, 0.15) is 0 Å². The third-order valence-corrected chi connectivity index (χ3v) is 6.13. The second kappa shape index (κ2) is 17.7. The maximum atomic E-state index is 12.6. The monoisotopic (exact) mass is 519 g/mol. The first-order chi connectivity index (χ1) is 18.5. The number of terminal acetylenes is 1. The predicted molar refractivity (Wildman–Crippen MR) is 154 cm³/mol. The Balaban J connectivity index is 0.000000550. The van der Waals surface area contributed by atoms with Crippen LogP contribution in [0.3, 0.4) is 0 Å². The number of carbonyl (C=O) groups is 2. The van der Waals surface area contributed by atoms with Gasteiger partial charge in [-0.15, -0.1) is 11.5 Å². The lowest BCUT2D eigenvalue weighted by atomic mass is 10.1. The topological polar surface area (TPSA) is 86.6 Å². The molecular weight excluding hydrogens is 478 g/mol. The van der Waals surface area contributed by atoms with Gasteiger partial charge in [0.2, 0.25) is 5.91 Å². The fourth-order valence-corrected chi connectivity index (χ4v) is 4.27. The molecule has 0 aromatic carbocycles. The molecule has 0 aromatic rings. The molecule has 2 heterocycles. The fourth-order valence-electron chi connectivity index (χ4n) is 4.27. The number of piperidine rings is 1. The van der Waals surface area contributed by atoms with E-state index in [1.165, 1.54) is 38.2 Å². The molecule has 2 saturated heterocycles. The minimum atomic E-state index is -0.473. The van der Waals surface area contributed by atoms with Crippen LogP contribution in [0.25, 0.3) is 0 Å². The summed E-state index contributed by atoms with van der Waals surface area (Å²) >= 11 is 0. The molecule has 2 fully saturated rings. The number of carbonyl (C=O) groups excluding carboxylic acids is 2. The Morgan fingerprint density at radius 3 is 2.71 bits per heavy atom. The molecule has 3 aliphatic rings. The molecule has 1 aliphatic carbocycles. The van der Waals surface area contributed by atoms with Crippen molar-refractivity contribution in [2.24, 2.45) is 10.2 Å². The number of ether oxygens (including phenoxy) is 1. The summed E-state index contributed by atoms with van der Waals surface area (Å²) in [6, 6.07) is -0.297. The zero-order chi connectivity index (χ0) is 27.6. The van der Waals surface area contributed by atoms with Gasteiger partial charge in [0.15, 0.2) is 0 Å². The second-order valence-electron chi connectivity index (χ2n) is 9.04. The number of methoxy groups -OCH3 is 1. The maximum absolute atomic E-state index is 12.6. The van der Waals surface area contributed by atoms with E-state index in [2.05, 4.69) is 51.5 Å². The van der Waals surface area contributed by atoms with Crippen molar-refractivity contribution in [3.05, 3.63) is 59.9 Å². The Hall–Kier alpha value is -3.70. The minimum absolute atomic E-state index is 0.00170. The van der Waals surface area contributed by atoms with Gasteiger partial charge in [0.05, 0.1) is 13.2 Å². The molecular formula is C30H41N5O3. The highest BCUT2D eigenvalue weighted by molar-refractivity contribution is 6.35. The van der Waals surface area contributed by atoms with Crippen molar-refractivity contribution >= 4 is 23.9 Å². The van der Waals surface area contributed by atoms with Crippen molar-refractivity contribution in [3.63, 3.8) is 0 Å². The zero-order valence-corrected chi connectivity index (χ0v) is 22.9. The third kappa shape index (κ3) is 10.7. The molecule has 0 radical (unpaired) electrons. The number of nitrogens with zero attached hydrogens (tertiary/aromatic N) is 4. The molecule has 0 bridgehead atoms. The zero-order valence-electron chi connectivity index (χ0n) is 22.9.